The summed E-state index contributed by atoms with van der Waals surface area (Å²) in [6, 6.07) is 22.4. The molecule has 2 aromatic carbocycles. The summed E-state index contributed by atoms with van der Waals surface area (Å²) in [7, 11) is 0. The first-order valence-electron chi connectivity index (χ1n) is 10.7. The summed E-state index contributed by atoms with van der Waals surface area (Å²) in [4.78, 5) is 39.1. The van der Waals surface area contributed by atoms with Gasteiger partial charge in [0, 0.05) is 18.3 Å². The van der Waals surface area contributed by atoms with Crippen LogP contribution in [0.3, 0.4) is 0 Å². The van der Waals surface area contributed by atoms with E-state index in [1.165, 1.54) is 24.0 Å². The Balaban J connectivity index is 1.65. The molecule has 0 N–H and O–H groups in total. The van der Waals surface area contributed by atoms with Crippen molar-refractivity contribution in [1.29, 1.82) is 5.26 Å². The zero-order valence-corrected chi connectivity index (χ0v) is 18.7. The van der Waals surface area contributed by atoms with Crippen molar-refractivity contribution in [3.05, 3.63) is 88.8 Å². The molecule has 9 heteroatoms. The number of hydrogen-bond acceptors (Lipinski definition) is 7. The molecule has 0 aliphatic carbocycles. The number of hydrogen-bond donors (Lipinski definition) is 0. The molecule has 0 aliphatic rings. The highest BCUT2D eigenvalue weighted by Crippen LogP contribution is 2.16. The molecule has 0 aliphatic heterocycles. The minimum atomic E-state index is -1.13. The van der Waals surface area contributed by atoms with Crippen LogP contribution in [0.1, 0.15) is 23.8 Å². The summed E-state index contributed by atoms with van der Waals surface area (Å²) in [6.07, 6.45) is -1.01. The van der Waals surface area contributed by atoms with E-state index >= 15 is 0 Å². The van der Waals surface area contributed by atoms with E-state index in [4.69, 9.17) is 14.7 Å². The minimum Gasteiger partial charge on any atom is -0.492 e. The van der Waals surface area contributed by atoms with Gasteiger partial charge in [-0.3, -0.25) is 9.59 Å². The summed E-state index contributed by atoms with van der Waals surface area (Å²) < 4.78 is 12.0. The van der Waals surface area contributed by atoms with Gasteiger partial charge in [-0.2, -0.15) is 10.4 Å². The van der Waals surface area contributed by atoms with Crippen molar-refractivity contribution in [1.82, 2.24) is 9.78 Å². The predicted molar refractivity (Wildman–Crippen MR) is 124 cm³/mol. The molecule has 9 nitrogen and oxygen atoms in total. The molecule has 1 aromatic heterocycles. The highest BCUT2D eigenvalue weighted by molar-refractivity contribution is 5.98. The second-order valence-electron chi connectivity index (χ2n) is 7.22. The smallest absolute Gasteiger partial charge is 0.359 e. The number of esters is 1. The third kappa shape index (κ3) is 6.53. The molecule has 0 saturated carbocycles. The van der Waals surface area contributed by atoms with Crippen molar-refractivity contribution in [2.24, 2.45) is 0 Å². The van der Waals surface area contributed by atoms with E-state index in [2.05, 4.69) is 5.10 Å². The fourth-order valence-corrected chi connectivity index (χ4v) is 3.11. The number of nitriles is 1. The lowest BCUT2D eigenvalue weighted by molar-refractivity contribution is -0.126. The Bertz CT molecular complexity index is 1210. The van der Waals surface area contributed by atoms with Gasteiger partial charge in [0.15, 0.2) is 11.8 Å². The van der Waals surface area contributed by atoms with E-state index in [-0.39, 0.29) is 31.8 Å². The average Bonchev–Trinajstić information content (AvgIpc) is 2.86. The zero-order valence-electron chi connectivity index (χ0n) is 18.7. The molecule has 1 heterocycles. The second-order valence-corrected chi connectivity index (χ2v) is 7.22. The number of aromatic nitrogens is 2. The van der Waals surface area contributed by atoms with Gasteiger partial charge in [-0.15, -0.1) is 0 Å². The van der Waals surface area contributed by atoms with Crippen LogP contribution in [0.2, 0.25) is 0 Å². The first-order chi connectivity index (χ1) is 16.5. The van der Waals surface area contributed by atoms with E-state index < -0.39 is 23.5 Å². The lowest BCUT2D eigenvalue weighted by Crippen LogP contribution is -2.41. The van der Waals surface area contributed by atoms with Gasteiger partial charge in [0.25, 0.3) is 11.5 Å². The van der Waals surface area contributed by atoms with Crippen molar-refractivity contribution in [2.45, 2.75) is 26.0 Å². The van der Waals surface area contributed by atoms with Crippen molar-refractivity contribution in [3.63, 3.8) is 0 Å². The van der Waals surface area contributed by atoms with Gasteiger partial charge < -0.3 is 14.4 Å². The summed E-state index contributed by atoms with van der Waals surface area (Å²) in [6.45, 7) is 1.91. The van der Waals surface area contributed by atoms with Crippen molar-refractivity contribution in [3.8, 4) is 11.8 Å². The largest absolute Gasteiger partial charge is 0.492 e. The van der Waals surface area contributed by atoms with Gasteiger partial charge in [-0.05, 0) is 37.3 Å². The van der Waals surface area contributed by atoms with Crippen LogP contribution in [-0.4, -0.2) is 40.9 Å². The number of carbonyl (C=O) groups excluding carboxylic acids is 2. The molecule has 0 saturated heterocycles. The molecular weight excluding hydrogens is 436 g/mol. The van der Waals surface area contributed by atoms with Crippen LogP contribution in [0.25, 0.3) is 0 Å². The molecule has 0 spiro atoms. The average molecular weight is 460 g/mol. The maximum atomic E-state index is 13.0. The van der Waals surface area contributed by atoms with E-state index in [1.807, 2.05) is 30.3 Å². The number of ether oxygens (including phenoxy) is 2. The summed E-state index contributed by atoms with van der Waals surface area (Å²) in [5.74, 6) is -0.663. The third-order valence-electron chi connectivity index (χ3n) is 4.80. The van der Waals surface area contributed by atoms with Crippen LogP contribution in [0.15, 0.2) is 77.6 Å². The van der Waals surface area contributed by atoms with Gasteiger partial charge >= 0.3 is 5.97 Å². The Labute approximate surface area is 196 Å². The van der Waals surface area contributed by atoms with Gasteiger partial charge in [0.2, 0.25) is 0 Å². The van der Waals surface area contributed by atoms with Gasteiger partial charge in [0.1, 0.15) is 12.4 Å². The highest BCUT2D eigenvalue weighted by atomic mass is 16.5. The predicted octanol–water partition coefficient (Wildman–Crippen LogP) is 2.81. The summed E-state index contributed by atoms with van der Waals surface area (Å²) >= 11 is 0. The molecule has 1 amide bonds. The Hall–Kier alpha value is -4.45. The normalized spacial score (nSPS) is 11.2. The van der Waals surface area contributed by atoms with Crippen molar-refractivity contribution < 1.29 is 19.1 Å². The number of anilines is 1. The van der Waals surface area contributed by atoms with Gasteiger partial charge in [0.05, 0.1) is 19.0 Å². The topological polar surface area (TPSA) is 115 Å². The van der Waals surface area contributed by atoms with Crippen LogP contribution in [0, 0.1) is 11.3 Å². The van der Waals surface area contributed by atoms with Crippen LogP contribution < -0.4 is 15.2 Å². The Morgan fingerprint density at radius 3 is 2.41 bits per heavy atom. The lowest BCUT2D eigenvalue weighted by Gasteiger charge is -2.25. The number of benzene rings is 2. The van der Waals surface area contributed by atoms with Crippen molar-refractivity contribution >= 4 is 17.6 Å². The molecule has 3 aromatic rings. The van der Waals surface area contributed by atoms with E-state index in [1.54, 1.807) is 36.4 Å². The molecule has 0 bridgehead atoms. The molecule has 1 atom stereocenters. The number of amides is 1. The van der Waals surface area contributed by atoms with E-state index in [9.17, 15) is 14.4 Å². The molecule has 0 radical (unpaired) electrons. The Morgan fingerprint density at radius 1 is 1.06 bits per heavy atom. The van der Waals surface area contributed by atoms with Crippen LogP contribution >= 0.6 is 0 Å². The number of rotatable bonds is 10. The Kier molecular flexibility index (Phi) is 8.52. The third-order valence-corrected chi connectivity index (χ3v) is 4.80. The lowest BCUT2D eigenvalue weighted by atomic mass is 10.2. The summed E-state index contributed by atoms with van der Waals surface area (Å²) in [5.41, 5.74) is 0.0853. The maximum Gasteiger partial charge on any atom is 0.359 e. The molecule has 3 rings (SSSR count). The summed E-state index contributed by atoms with van der Waals surface area (Å²) in [5, 5.41) is 13.0. The molecule has 174 valence electrons. The van der Waals surface area contributed by atoms with Gasteiger partial charge in [-0.25, -0.2) is 9.48 Å². The van der Waals surface area contributed by atoms with Crippen LogP contribution in [0.4, 0.5) is 5.69 Å². The Morgan fingerprint density at radius 2 is 1.74 bits per heavy atom. The molecule has 0 fully saturated rings. The van der Waals surface area contributed by atoms with E-state index in [0.29, 0.717) is 11.4 Å². The van der Waals surface area contributed by atoms with Gasteiger partial charge in [-0.1, -0.05) is 36.4 Å². The first kappa shape index (κ1) is 24.2. The van der Waals surface area contributed by atoms with E-state index in [0.717, 1.165) is 4.68 Å². The number of carbonyl (C=O) groups is 2. The highest BCUT2D eigenvalue weighted by Gasteiger charge is 2.26. The first-order valence-corrected chi connectivity index (χ1v) is 10.7. The monoisotopic (exact) mass is 460 g/mol. The minimum absolute atomic E-state index is 0.109. The number of nitrogens with zero attached hydrogens (tertiary/aromatic N) is 4. The second kappa shape index (κ2) is 12.0. The molecule has 1 unspecified atom stereocenters. The molecule has 34 heavy (non-hydrogen) atoms. The molecular formula is C25H24N4O5. The van der Waals surface area contributed by atoms with Crippen LogP contribution in [0.5, 0.6) is 5.75 Å². The quantitative estimate of drug-likeness (QED) is 0.427. The zero-order chi connectivity index (χ0) is 24.3. The number of para-hydroxylation sites is 2. The fraction of sp³-hybridized carbons (Fsp3) is 0.240. The standard InChI is InChI=1S/C25H24N4O5/c1-19(24(31)28(16-8-15-26)20-9-4-2-5-10-20)34-25(32)22-13-14-23(30)29(27-22)17-18-33-21-11-6-3-7-12-21/h2-7,9-14,19H,8,16-18H2,1H3. The van der Waals surface area contributed by atoms with Crippen molar-refractivity contribution in [2.75, 3.05) is 18.1 Å². The SMILES string of the molecule is CC(OC(=O)c1ccc(=O)n(CCOc2ccccc2)n1)C(=O)N(CCC#N)c1ccccc1. The van der Waals surface area contributed by atoms with Crippen LogP contribution in [-0.2, 0) is 16.1 Å². The fourth-order valence-electron chi connectivity index (χ4n) is 3.11. The maximum absolute atomic E-state index is 13.0.